The molecule has 4 rings (SSSR count). The first-order chi connectivity index (χ1) is 14.5. The highest BCUT2D eigenvalue weighted by Crippen LogP contribution is 2.36. The van der Waals surface area contributed by atoms with E-state index in [0.29, 0.717) is 18.4 Å². The van der Waals surface area contributed by atoms with E-state index in [1.165, 1.54) is 6.07 Å². The maximum Gasteiger partial charge on any atom is 0.274 e. The predicted octanol–water partition coefficient (Wildman–Crippen LogP) is 3.53. The Morgan fingerprint density at radius 3 is 2.07 bits per heavy atom. The van der Waals surface area contributed by atoms with Crippen molar-refractivity contribution in [1.29, 1.82) is 0 Å². The van der Waals surface area contributed by atoms with Gasteiger partial charge in [0.15, 0.2) is 5.78 Å². The Morgan fingerprint density at radius 1 is 0.900 bits per heavy atom. The van der Waals surface area contributed by atoms with Crippen LogP contribution in [0, 0.1) is 11.8 Å². The van der Waals surface area contributed by atoms with Gasteiger partial charge in [-0.1, -0.05) is 66.2 Å². The minimum atomic E-state index is -0.668. The highest BCUT2D eigenvalue weighted by molar-refractivity contribution is 6.34. The van der Waals surface area contributed by atoms with Gasteiger partial charge in [0.1, 0.15) is 6.54 Å². The lowest BCUT2D eigenvalue weighted by atomic mass is 9.85. The van der Waals surface area contributed by atoms with Crippen molar-refractivity contribution in [3.05, 3.63) is 82.9 Å². The number of ketones is 1. The van der Waals surface area contributed by atoms with E-state index in [1.54, 1.807) is 48.5 Å². The van der Waals surface area contributed by atoms with Crippen LogP contribution in [0.3, 0.4) is 0 Å². The molecule has 0 radical (unpaired) electrons. The molecule has 2 aromatic rings. The Bertz CT molecular complexity index is 1020. The first kappa shape index (κ1) is 20.0. The van der Waals surface area contributed by atoms with Gasteiger partial charge in [-0.15, -0.1) is 0 Å². The minimum Gasteiger partial charge on any atom is -0.292 e. The molecule has 2 aliphatic rings. The third-order valence-electron chi connectivity index (χ3n) is 5.45. The smallest absolute Gasteiger partial charge is 0.274 e. The second kappa shape index (κ2) is 8.24. The van der Waals surface area contributed by atoms with Crippen molar-refractivity contribution in [2.75, 3.05) is 6.54 Å². The van der Waals surface area contributed by atoms with Crippen LogP contribution in [0.1, 0.15) is 33.6 Å². The topological polar surface area (TPSA) is 74.8 Å². The lowest BCUT2D eigenvalue weighted by Crippen LogP contribution is -2.52. The normalized spacial score (nSPS) is 20.2. The van der Waals surface area contributed by atoms with Crippen molar-refractivity contribution in [2.45, 2.75) is 12.8 Å². The molecule has 2 aromatic carbocycles. The maximum atomic E-state index is 13.3. The minimum absolute atomic E-state index is 0.119. The van der Waals surface area contributed by atoms with E-state index in [2.05, 4.69) is 0 Å². The molecule has 152 valence electrons. The molecule has 6 nitrogen and oxygen atoms in total. The molecule has 1 heterocycles. The first-order valence-corrected chi connectivity index (χ1v) is 10.0. The number of carbonyl (C=O) groups excluding carboxylic acids is 4. The summed E-state index contributed by atoms with van der Waals surface area (Å²) in [6, 6.07) is 14.8. The Balaban J connectivity index is 1.71. The molecule has 7 heteroatoms. The van der Waals surface area contributed by atoms with E-state index in [4.69, 9.17) is 11.6 Å². The van der Waals surface area contributed by atoms with Gasteiger partial charge < -0.3 is 0 Å². The third-order valence-corrected chi connectivity index (χ3v) is 5.78. The number of Topliss-reactive ketones (excluding diaryl/α,β-unsaturated/α-hetero) is 1. The van der Waals surface area contributed by atoms with Crippen molar-refractivity contribution in [2.24, 2.45) is 11.8 Å². The molecule has 0 unspecified atom stereocenters. The van der Waals surface area contributed by atoms with Crippen LogP contribution < -0.4 is 0 Å². The van der Waals surface area contributed by atoms with Gasteiger partial charge >= 0.3 is 0 Å². The van der Waals surface area contributed by atoms with Crippen LogP contribution in [0.15, 0.2) is 66.7 Å². The number of hydrogen-bond donors (Lipinski definition) is 0. The highest BCUT2D eigenvalue weighted by Gasteiger charge is 2.51. The molecular formula is C23H19ClN2O4. The van der Waals surface area contributed by atoms with Gasteiger partial charge in [-0.2, -0.15) is 5.01 Å². The zero-order valence-corrected chi connectivity index (χ0v) is 16.8. The highest BCUT2D eigenvalue weighted by atomic mass is 35.5. The quantitative estimate of drug-likeness (QED) is 0.419. The summed E-state index contributed by atoms with van der Waals surface area (Å²) in [5, 5.41) is 1.98. The molecule has 1 aliphatic carbocycles. The number of imide groups is 1. The number of benzene rings is 2. The SMILES string of the molecule is O=C(CN(C(=O)c1ccccc1Cl)N1C(=O)[C@@H]2CC=CC[C@H]2C1=O)c1ccccc1. The van der Waals surface area contributed by atoms with Gasteiger partial charge in [0.05, 0.1) is 22.4 Å². The summed E-state index contributed by atoms with van der Waals surface area (Å²) in [5.74, 6) is -3.01. The standard InChI is InChI=1S/C23H19ClN2O4/c24-19-13-7-6-12-18(19)21(28)25(14-20(27)15-8-2-1-3-9-15)26-22(29)16-10-4-5-11-17(16)23(26)30/h1-9,12-13,16-17H,10-11,14H2/t16-,17-/m1/s1. The zero-order valence-electron chi connectivity index (χ0n) is 16.0. The Morgan fingerprint density at radius 2 is 1.47 bits per heavy atom. The predicted molar refractivity (Wildman–Crippen MR) is 110 cm³/mol. The monoisotopic (exact) mass is 422 g/mol. The van der Waals surface area contributed by atoms with Gasteiger partial charge in [-0.3, -0.25) is 19.2 Å². The maximum absolute atomic E-state index is 13.3. The van der Waals surface area contributed by atoms with Gasteiger partial charge in [0, 0.05) is 5.56 Å². The fraction of sp³-hybridized carbons (Fsp3) is 0.217. The van der Waals surface area contributed by atoms with Crippen LogP contribution in [0.5, 0.6) is 0 Å². The zero-order chi connectivity index (χ0) is 21.3. The average molecular weight is 423 g/mol. The van der Waals surface area contributed by atoms with Gasteiger partial charge in [-0.25, -0.2) is 5.01 Å². The van der Waals surface area contributed by atoms with Crippen LogP contribution in [0.25, 0.3) is 0 Å². The summed E-state index contributed by atoms with van der Waals surface area (Å²) in [5.41, 5.74) is 0.501. The van der Waals surface area contributed by atoms with Crippen LogP contribution in [0.2, 0.25) is 5.02 Å². The molecule has 30 heavy (non-hydrogen) atoms. The van der Waals surface area contributed by atoms with Crippen molar-refractivity contribution in [1.82, 2.24) is 10.0 Å². The number of halogens is 1. The molecular weight excluding hydrogens is 404 g/mol. The molecule has 0 N–H and O–H groups in total. The summed E-state index contributed by atoms with van der Waals surface area (Å²) < 4.78 is 0. The number of hydrazine groups is 1. The van der Waals surface area contributed by atoms with Gasteiger partial charge in [-0.05, 0) is 25.0 Å². The lowest BCUT2D eigenvalue weighted by Gasteiger charge is -2.30. The molecule has 1 saturated heterocycles. The number of hydrogen-bond acceptors (Lipinski definition) is 4. The van der Waals surface area contributed by atoms with Crippen molar-refractivity contribution in [3.8, 4) is 0 Å². The summed E-state index contributed by atoms with van der Waals surface area (Å²) in [6.07, 6.45) is 4.61. The number of fused-ring (bicyclic) bond motifs is 1. The summed E-state index contributed by atoms with van der Waals surface area (Å²) in [6.45, 7) is -0.446. The Hall–Kier alpha value is -3.25. The van der Waals surface area contributed by atoms with E-state index in [0.717, 1.165) is 10.0 Å². The van der Waals surface area contributed by atoms with Crippen molar-refractivity contribution >= 4 is 35.1 Å². The van der Waals surface area contributed by atoms with Gasteiger partial charge in [0.25, 0.3) is 17.7 Å². The number of nitrogens with zero attached hydrogens (tertiary/aromatic N) is 2. The third kappa shape index (κ3) is 3.55. The van der Waals surface area contributed by atoms with Crippen molar-refractivity contribution < 1.29 is 19.2 Å². The number of amides is 3. The van der Waals surface area contributed by atoms with E-state index < -0.39 is 36.1 Å². The number of allylic oxidation sites excluding steroid dienone is 2. The number of carbonyl (C=O) groups is 4. The molecule has 2 atom stereocenters. The summed E-state index contributed by atoms with van der Waals surface area (Å²) in [4.78, 5) is 52.3. The fourth-order valence-electron chi connectivity index (χ4n) is 3.88. The van der Waals surface area contributed by atoms with Gasteiger partial charge in [0.2, 0.25) is 0 Å². The molecule has 0 bridgehead atoms. The van der Waals surface area contributed by atoms with Crippen LogP contribution >= 0.6 is 11.6 Å². The Kier molecular flexibility index (Phi) is 5.50. The van der Waals surface area contributed by atoms with E-state index in [-0.39, 0.29) is 16.4 Å². The van der Waals surface area contributed by atoms with Crippen LogP contribution in [0.4, 0.5) is 0 Å². The van der Waals surface area contributed by atoms with Crippen LogP contribution in [-0.2, 0) is 9.59 Å². The molecule has 1 fully saturated rings. The lowest BCUT2D eigenvalue weighted by molar-refractivity contribution is -0.154. The largest absolute Gasteiger partial charge is 0.292 e. The fourth-order valence-corrected chi connectivity index (χ4v) is 4.10. The second-order valence-electron chi connectivity index (χ2n) is 7.28. The second-order valence-corrected chi connectivity index (χ2v) is 7.68. The van der Waals surface area contributed by atoms with Crippen molar-refractivity contribution in [3.63, 3.8) is 0 Å². The molecule has 0 spiro atoms. The average Bonchev–Trinajstić information content (AvgIpc) is 3.03. The van der Waals surface area contributed by atoms with Crippen LogP contribution in [-0.4, -0.2) is 40.1 Å². The van der Waals surface area contributed by atoms with E-state index >= 15 is 0 Å². The molecule has 1 aliphatic heterocycles. The molecule has 3 amide bonds. The first-order valence-electron chi connectivity index (χ1n) is 9.66. The molecule has 0 saturated carbocycles. The van der Waals surface area contributed by atoms with E-state index in [1.807, 2.05) is 12.2 Å². The summed E-state index contributed by atoms with van der Waals surface area (Å²) in [7, 11) is 0. The van der Waals surface area contributed by atoms with E-state index in [9.17, 15) is 19.2 Å². The Labute approximate surface area is 178 Å². The number of rotatable bonds is 5. The molecule has 0 aromatic heterocycles. The summed E-state index contributed by atoms with van der Waals surface area (Å²) >= 11 is 6.19.